The third-order valence-electron chi connectivity index (χ3n) is 3.14. The van der Waals surface area contributed by atoms with Crippen molar-refractivity contribution in [2.75, 3.05) is 13.1 Å². The summed E-state index contributed by atoms with van der Waals surface area (Å²) in [4.78, 5) is 17.0. The number of aliphatic hydroxyl groups excluding tert-OH is 1. The van der Waals surface area contributed by atoms with Gasteiger partial charge in [-0.3, -0.25) is 4.98 Å². The lowest BCUT2D eigenvalue weighted by atomic mass is 9.97. The van der Waals surface area contributed by atoms with Crippen LogP contribution in [-0.2, 0) is 4.74 Å². The van der Waals surface area contributed by atoms with Gasteiger partial charge in [-0.2, -0.15) is 0 Å². The van der Waals surface area contributed by atoms with Crippen LogP contribution in [0.5, 0.6) is 0 Å². The van der Waals surface area contributed by atoms with E-state index < -0.39 is 29.5 Å². The molecule has 1 aromatic rings. The molecule has 110 valence electrons. The Morgan fingerprint density at radius 2 is 2.20 bits per heavy atom. The smallest absolute Gasteiger partial charge is 0.410 e. The topological polar surface area (TPSA) is 62.7 Å². The van der Waals surface area contributed by atoms with E-state index in [1.807, 2.05) is 0 Å². The lowest BCUT2D eigenvalue weighted by molar-refractivity contribution is 0.0270. The number of aromatic nitrogens is 1. The van der Waals surface area contributed by atoms with E-state index in [1.165, 1.54) is 17.2 Å². The third kappa shape index (κ3) is 3.25. The van der Waals surface area contributed by atoms with Crippen molar-refractivity contribution in [2.24, 2.45) is 0 Å². The minimum absolute atomic E-state index is 0.140. The molecule has 20 heavy (non-hydrogen) atoms. The van der Waals surface area contributed by atoms with Crippen molar-refractivity contribution in [2.45, 2.75) is 38.4 Å². The maximum Gasteiger partial charge on any atom is 0.410 e. The Bertz CT molecular complexity index is 501. The Balaban J connectivity index is 2.10. The second kappa shape index (κ2) is 5.36. The first kappa shape index (κ1) is 14.7. The zero-order chi connectivity index (χ0) is 14.9. The highest BCUT2D eigenvalue weighted by atomic mass is 19.1. The number of hydrogen-bond acceptors (Lipinski definition) is 4. The number of ether oxygens (including phenoxy) is 1. The molecule has 1 aliphatic rings. The Labute approximate surface area is 117 Å². The normalized spacial score (nSPS) is 22.9. The number of hydrogen-bond donors (Lipinski definition) is 1. The van der Waals surface area contributed by atoms with Crippen LogP contribution in [-0.4, -0.2) is 45.9 Å². The van der Waals surface area contributed by atoms with Gasteiger partial charge in [0.1, 0.15) is 11.4 Å². The molecule has 0 aromatic carbocycles. The SMILES string of the molecule is CC(C)(C)OC(=O)N1C[C@H](c2ccncc2F)[C@@H](O)C1. The standard InChI is InChI=1S/C14H19FN2O3/c1-14(2,3)20-13(19)17-7-10(12(18)8-17)9-4-5-16-6-11(9)15/h4-6,10,12,18H,7-8H2,1-3H3/t10-,12+/m1/s1. The number of amides is 1. The molecule has 5 nitrogen and oxygen atoms in total. The molecule has 2 atom stereocenters. The molecule has 1 aromatic heterocycles. The van der Waals surface area contributed by atoms with Crippen LogP contribution >= 0.6 is 0 Å². The number of carbonyl (C=O) groups is 1. The molecule has 0 radical (unpaired) electrons. The molecule has 0 saturated carbocycles. The largest absolute Gasteiger partial charge is 0.444 e. The van der Waals surface area contributed by atoms with Gasteiger partial charge in [-0.1, -0.05) is 0 Å². The van der Waals surface area contributed by atoms with Gasteiger partial charge in [0.05, 0.1) is 18.8 Å². The summed E-state index contributed by atoms with van der Waals surface area (Å²) < 4.78 is 19.0. The van der Waals surface area contributed by atoms with E-state index in [-0.39, 0.29) is 13.1 Å². The molecule has 1 N–H and O–H groups in total. The highest BCUT2D eigenvalue weighted by Gasteiger charge is 2.38. The van der Waals surface area contributed by atoms with Gasteiger partial charge in [0.25, 0.3) is 0 Å². The predicted molar refractivity (Wildman–Crippen MR) is 70.7 cm³/mol. The van der Waals surface area contributed by atoms with Crippen LogP contribution in [0.15, 0.2) is 18.5 Å². The molecule has 1 aliphatic heterocycles. The average Bonchev–Trinajstić information content (AvgIpc) is 2.70. The van der Waals surface area contributed by atoms with Crippen molar-refractivity contribution in [1.82, 2.24) is 9.88 Å². The predicted octanol–water partition coefficient (Wildman–Crippen LogP) is 1.92. The molecule has 2 rings (SSSR count). The molecule has 0 bridgehead atoms. The number of aliphatic hydroxyl groups is 1. The van der Waals surface area contributed by atoms with E-state index in [0.717, 1.165) is 6.20 Å². The van der Waals surface area contributed by atoms with Crippen molar-refractivity contribution in [3.63, 3.8) is 0 Å². The Kier molecular flexibility index (Phi) is 3.94. The molecule has 0 spiro atoms. The van der Waals surface area contributed by atoms with Gasteiger partial charge < -0.3 is 14.7 Å². The van der Waals surface area contributed by atoms with Gasteiger partial charge in [-0.15, -0.1) is 0 Å². The summed E-state index contributed by atoms with van der Waals surface area (Å²) in [5, 5.41) is 10.0. The molecule has 1 fully saturated rings. The van der Waals surface area contributed by atoms with Crippen LogP contribution in [0.1, 0.15) is 32.3 Å². The fraction of sp³-hybridized carbons (Fsp3) is 0.571. The first-order chi connectivity index (χ1) is 9.28. The highest BCUT2D eigenvalue weighted by Crippen LogP contribution is 2.29. The fourth-order valence-corrected chi connectivity index (χ4v) is 2.25. The van der Waals surface area contributed by atoms with E-state index in [2.05, 4.69) is 4.98 Å². The number of nitrogens with zero attached hydrogens (tertiary/aromatic N) is 2. The van der Waals surface area contributed by atoms with Crippen LogP contribution in [0.3, 0.4) is 0 Å². The van der Waals surface area contributed by atoms with Gasteiger partial charge in [-0.05, 0) is 32.4 Å². The van der Waals surface area contributed by atoms with Gasteiger partial charge in [0, 0.05) is 18.7 Å². The van der Waals surface area contributed by atoms with Crippen molar-refractivity contribution in [3.05, 3.63) is 29.8 Å². The minimum Gasteiger partial charge on any atom is -0.444 e. The molecule has 0 aliphatic carbocycles. The van der Waals surface area contributed by atoms with Crippen LogP contribution in [0, 0.1) is 5.82 Å². The van der Waals surface area contributed by atoms with Crippen LogP contribution < -0.4 is 0 Å². The quantitative estimate of drug-likeness (QED) is 0.854. The molecular formula is C14H19FN2O3. The maximum atomic E-state index is 13.7. The lowest BCUT2D eigenvalue weighted by Gasteiger charge is -2.24. The van der Waals surface area contributed by atoms with Gasteiger partial charge in [0.15, 0.2) is 0 Å². The molecule has 1 amide bonds. The number of halogens is 1. The van der Waals surface area contributed by atoms with Crippen molar-refractivity contribution >= 4 is 6.09 Å². The number of rotatable bonds is 1. The molecule has 6 heteroatoms. The molecule has 1 saturated heterocycles. The Hall–Kier alpha value is -1.69. The summed E-state index contributed by atoms with van der Waals surface area (Å²) in [6.07, 6.45) is 1.28. The summed E-state index contributed by atoms with van der Waals surface area (Å²) in [5.41, 5.74) is -0.222. The molecule has 2 heterocycles. The monoisotopic (exact) mass is 282 g/mol. The minimum atomic E-state index is -0.806. The first-order valence-corrected chi connectivity index (χ1v) is 6.53. The van der Waals surface area contributed by atoms with Gasteiger partial charge >= 0.3 is 6.09 Å². The number of carbonyl (C=O) groups excluding carboxylic acids is 1. The van der Waals surface area contributed by atoms with Crippen molar-refractivity contribution in [1.29, 1.82) is 0 Å². The summed E-state index contributed by atoms with van der Waals surface area (Å²) >= 11 is 0. The summed E-state index contributed by atoms with van der Waals surface area (Å²) in [6.45, 7) is 5.70. The zero-order valence-corrected chi connectivity index (χ0v) is 11.8. The molecular weight excluding hydrogens is 263 g/mol. The van der Waals surface area contributed by atoms with Crippen LogP contribution in [0.2, 0.25) is 0 Å². The summed E-state index contributed by atoms with van der Waals surface area (Å²) in [6, 6.07) is 1.53. The average molecular weight is 282 g/mol. The number of β-amino-alcohol motifs (C(OH)–C–C–N with tert-alkyl or cyclic N) is 1. The van der Waals surface area contributed by atoms with Crippen LogP contribution in [0.4, 0.5) is 9.18 Å². The van der Waals surface area contributed by atoms with Crippen molar-refractivity contribution in [3.8, 4) is 0 Å². The second-order valence-electron chi connectivity index (χ2n) is 5.96. The van der Waals surface area contributed by atoms with Crippen LogP contribution in [0.25, 0.3) is 0 Å². The van der Waals surface area contributed by atoms with Gasteiger partial charge in [-0.25, -0.2) is 9.18 Å². The van der Waals surface area contributed by atoms with E-state index >= 15 is 0 Å². The zero-order valence-electron chi connectivity index (χ0n) is 11.8. The number of pyridine rings is 1. The van der Waals surface area contributed by atoms with E-state index in [9.17, 15) is 14.3 Å². The first-order valence-electron chi connectivity index (χ1n) is 6.53. The highest BCUT2D eigenvalue weighted by molar-refractivity contribution is 5.68. The van der Waals surface area contributed by atoms with Crippen molar-refractivity contribution < 1.29 is 19.0 Å². The van der Waals surface area contributed by atoms with Gasteiger partial charge in [0.2, 0.25) is 0 Å². The van der Waals surface area contributed by atoms with E-state index in [0.29, 0.717) is 5.56 Å². The van der Waals surface area contributed by atoms with E-state index in [4.69, 9.17) is 4.74 Å². The number of likely N-dealkylation sites (tertiary alicyclic amines) is 1. The van der Waals surface area contributed by atoms with E-state index in [1.54, 1.807) is 20.8 Å². The lowest BCUT2D eigenvalue weighted by Crippen LogP contribution is -2.35. The Morgan fingerprint density at radius 1 is 1.50 bits per heavy atom. The molecule has 0 unspecified atom stereocenters. The Morgan fingerprint density at radius 3 is 2.80 bits per heavy atom. The fourth-order valence-electron chi connectivity index (χ4n) is 2.25. The maximum absolute atomic E-state index is 13.7. The third-order valence-corrected chi connectivity index (χ3v) is 3.14. The second-order valence-corrected chi connectivity index (χ2v) is 5.96. The summed E-state index contributed by atoms with van der Waals surface area (Å²) in [7, 11) is 0. The summed E-state index contributed by atoms with van der Waals surface area (Å²) in [5.74, 6) is -0.923.